The molecule has 0 aromatic heterocycles. The Balaban J connectivity index is 1.62. The summed E-state index contributed by atoms with van der Waals surface area (Å²) in [6.45, 7) is 4.20. The van der Waals surface area contributed by atoms with Gasteiger partial charge in [-0.1, -0.05) is 23.7 Å². The maximum atomic E-state index is 12.5. The quantitative estimate of drug-likeness (QED) is 0.924. The van der Waals surface area contributed by atoms with Crippen LogP contribution in [0.4, 0.5) is 4.79 Å². The molecule has 120 valence electrons. The standard InChI is InChI=1S/C17H23ClN2O2/c1-2-22-12-5-4-10-20(11-12)17(21)19-16-9-8-13-14(16)6-3-7-15(13)18/h3,6-7,12,16H,2,4-5,8-11H2,1H3,(H,19,21). The minimum absolute atomic E-state index is 0.0160. The number of ether oxygens (including phenoxy) is 1. The largest absolute Gasteiger partial charge is 0.377 e. The zero-order valence-electron chi connectivity index (χ0n) is 13.0. The molecule has 1 aromatic carbocycles. The maximum absolute atomic E-state index is 12.5. The van der Waals surface area contributed by atoms with Gasteiger partial charge in [0.05, 0.1) is 12.1 Å². The lowest BCUT2D eigenvalue weighted by atomic mass is 10.1. The molecule has 1 aliphatic heterocycles. The van der Waals surface area contributed by atoms with Crippen LogP contribution >= 0.6 is 11.6 Å². The third kappa shape index (κ3) is 3.23. The first-order chi connectivity index (χ1) is 10.7. The number of halogens is 1. The predicted molar refractivity (Wildman–Crippen MR) is 87.3 cm³/mol. The molecule has 1 heterocycles. The van der Waals surface area contributed by atoms with Crippen molar-refractivity contribution in [2.75, 3.05) is 19.7 Å². The van der Waals surface area contributed by atoms with Crippen LogP contribution in [0.15, 0.2) is 18.2 Å². The summed E-state index contributed by atoms with van der Waals surface area (Å²) in [5.74, 6) is 0. The topological polar surface area (TPSA) is 41.6 Å². The van der Waals surface area contributed by atoms with E-state index in [0.29, 0.717) is 13.2 Å². The van der Waals surface area contributed by atoms with Gasteiger partial charge in [0, 0.05) is 24.7 Å². The zero-order chi connectivity index (χ0) is 15.5. The van der Waals surface area contributed by atoms with E-state index in [9.17, 15) is 4.79 Å². The number of rotatable bonds is 3. The first-order valence-electron chi connectivity index (χ1n) is 8.13. The number of carbonyl (C=O) groups is 1. The van der Waals surface area contributed by atoms with E-state index in [2.05, 4.69) is 11.4 Å². The number of hydrogen-bond acceptors (Lipinski definition) is 2. The van der Waals surface area contributed by atoms with Gasteiger partial charge in [-0.3, -0.25) is 0 Å². The van der Waals surface area contributed by atoms with E-state index in [0.717, 1.165) is 37.3 Å². The average Bonchev–Trinajstić information content (AvgIpc) is 2.92. The molecule has 0 spiro atoms. The van der Waals surface area contributed by atoms with Crippen LogP contribution in [-0.2, 0) is 11.2 Å². The van der Waals surface area contributed by atoms with E-state index in [1.54, 1.807) is 0 Å². The van der Waals surface area contributed by atoms with E-state index in [1.807, 2.05) is 24.0 Å². The van der Waals surface area contributed by atoms with Crippen LogP contribution in [-0.4, -0.2) is 36.7 Å². The van der Waals surface area contributed by atoms with Gasteiger partial charge in [0.25, 0.3) is 0 Å². The molecule has 1 N–H and O–H groups in total. The van der Waals surface area contributed by atoms with E-state index in [4.69, 9.17) is 16.3 Å². The molecule has 2 amide bonds. The molecule has 2 unspecified atom stereocenters. The van der Waals surface area contributed by atoms with Crippen LogP contribution in [0.5, 0.6) is 0 Å². The summed E-state index contributed by atoms with van der Waals surface area (Å²) in [4.78, 5) is 14.4. The van der Waals surface area contributed by atoms with Crippen molar-refractivity contribution in [1.82, 2.24) is 10.2 Å². The van der Waals surface area contributed by atoms with E-state index >= 15 is 0 Å². The van der Waals surface area contributed by atoms with Crippen molar-refractivity contribution in [3.63, 3.8) is 0 Å². The first kappa shape index (κ1) is 15.6. The number of fused-ring (bicyclic) bond motifs is 1. The second-order valence-corrected chi connectivity index (χ2v) is 6.42. The molecule has 1 fully saturated rings. The monoisotopic (exact) mass is 322 g/mol. The summed E-state index contributed by atoms with van der Waals surface area (Å²) in [5, 5.41) is 3.98. The molecule has 1 aliphatic carbocycles. The molecule has 4 nitrogen and oxygen atoms in total. The molecule has 1 aromatic rings. The number of urea groups is 1. The number of piperidine rings is 1. The van der Waals surface area contributed by atoms with Crippen molar-refractivity contribution < 1.29 is 9.53 Å². The summed E-state index contributed by atoms with van der Waals surface area (Å²) in [7, 11) is 0. The number of hydrogen-bond donors (Lipinski definition) is 1. The molecule has 0 saturated carbocycles. The third-order valence-electron chi connectivity index (χ3n) is 4.58. The van der Waals surface area contributed by atoms with Crippen molar-refractivity contribution in [2.24, 2.45) is 0 Å². The van der Waals surface area contributed by atoms with Gasteiger partial charge < -0.3 is 15.0 Å². The summed E-state index contributed by atoms with van der Waals surface area (Å²) < 4.78 is 5.67. The van der Waals surface area contributed by atoms with Gasteiger partial charge in [-0.25, -0.2) is 4.79 Å². The van der Waals surface area contributed by atoms with Gasteiger partial charge in [-0.2, -0.15) is 0 Å². The van der Waals surface area contributed by atoms with Crippen LogP contribution in [0.25, 0.3) is 0 Å². The zero-order valence-corrected chi connectivity index (χ0v) is 13.7. The van der Waals surface area contributed by atoms with Crippen LogP contribution in [0.3, 0.4) is 0 Å². The van der Waals surface area contributed by atoms with E-state index in [1.165, 1.54) is 11.1 Å². The summed E-state index contributed by atoms with van der Waals surface area (Å²) in [6, 6.07) is 6.04. The normalized spacial score (nSPS) is 24.2. The number of carbonyl (C=O) groups excluding carboxylic acids is 1. The lowest BCUT2D eigenvalue weighted by Gasteiger charge is -2.33. The molecule has 0 bridgehead atoms. The highest BCUT2D eigenvalue weighted by atomic mass is 35.5. The highest BCUT2D eigenvalue weighted by molar-refractivity contribution is 6.31. The molecule has 3 rings (SSSR count). The Bertz CT molecular complexity index is 547. The van der Waals surface area contributed by atoms with Crippen molar-refractivity contribution in [3.05, 3.63) is 34.3 Å². The van der Waals surface area contributed by atoms with Gasteiger partial charge in [0.1, 0.15) is 0 Å². The molecule has 0 radical (unpaired) electrons. The lowest BCUT2D eigenvalue weighted by Crippen LogP contribution is -2.48. The number of benzene rings is 1. The van der Waals surface area contributed by atoms with E-state index in [-0.39, 0.29) is 18.2 Å². The maximum Gasteiger partial charge on any atom is 0.317 e. The van der Waals surface area contributed by atoms with Crippen molar-refractivity contribution >= 4 is 17.6 Å². The number of nitrogens with zero attached hydrogens (tertiary/aromatic N) is 1. The number of nitrogens with one attached hydrogen (secondary N) is 1. The number of likely N-dealkylation sites (tertiary alicyclic amines) is 1. The molecular weight excluding hydrogens is 300 g/mol. The predicted octanol–water partition coefficient (Wildman–Crippen LogP) is 3.54. The summed E-state index contributed by atoms with van der Waals surface area (Å²) in [5.41, 5.74) is 2.35. The van der Waals surface area contributed by atoms with Crippen LogP contribution in [0.1, 0.15) is 43.4 Å². The van der Waals surface area contributed by atoms with Gasteiger partial charge in [0.15, 0.2) is 0 Å². The molecule has 2 atom stereocenters. The van der Waals surface area contributed by atoms with Crippen molar-refractivity contribution in [3.8, 4) is 0 Å². The lowest BCUT2D eigenvalue weighted by molar-refractivity contribution is 0.0161. The van der Waals surface area contributed by atoms with Crippen LogP contribution in [0, 0.1) is 0 Å². The van der Waals surface area contributed by atoms with Crippen LogP contribution < -0.4 is 5.32 Å². The Kier molecular flexibility index (Phi) is 4.89. The second-order valence-electron chi connectivity index (χ2n) is 6.01. The van der Waals surface area contributed by atoms with Gasteiger partial charge in [-0.05, 0) is 49.8 Å². The summed E-state index contributed by atoms with van der Waals surface area (Å²) >= 11 is 6.23. The Hall–Kier alpha value is -1.26. The smallest absolute Gasteiger partial charge is 0.317 e. The minimum Gasteiger partial charge on any atom is -0.377 e. The number of amides is 2. The van der Waals surface area contributed by atoms with Gasteiger partial charge in [-0.15, -0.1) is 0 Å². The highest BCUT2D eigenvalue weighted by Crippen LogP contribution is 2.35. The fourth-order valence-corrected chi connectivity index (χ4v) is 3.77. The SMILES string of the molecule is CCOC1CCCN(C(=O)NC2CCc3c(Cl)cccc32)C1. The fraction of sp³-hybridized carbons (Fsp3) is 0.588. The summed E-state index contributed by atoms with van der Waals surface area (Å²) in [6.07, 6.45) is 4.08. The Morgan fingerprint density at radius 3 is 3.14 bits per heavy atom. The van der Waals surface area contributed by atoms with Crippen molar-refractivity contribution in [1.29, 1.82) is 0 Å². The van der Waals surface area contributed by atoms with Crippen molar-refractivity contribution in [2.45, 2.75) is 44.8 Å². The fourth-order valence-electron chi connectivity index (χ4n) is 3.49. The Morgan fingerprint density at radius 1 is 1.45 bits per heavy atom. The first-order valence-corrected chi connectivity index (χ1v) is 8.51. The van der Waals surface area contributed by atoms with Crippen LogP contribution in [0.2, 0.25) is 5.02 Å². The second kappa shape index (κ2) is 6.88. The Morgan fingerprint density at radius 2 is 2.32 bits per heavy atom. The minimum atomic E-state index is 0.0160. The highest BCUT2D eigenvalue weighted by Gasteiger charge is 2.29. The average molecular weight is 323 g/mol. The Labute approximate surface area is 136 Å². The van der Waals surface area contributed by atoms with Gasteiger partial charge >= 0.3 is 6.03 Å². The molecular formula is C17H23ClN2O2. The molecule has 22 heavy (non-hydrogen) atoms. The molecule has 5 heteroatoms. The van der Waals surface area contributed by atoms with E-state index < -0.39 is 0 Å². The molecule has 1 saturated heterocycles. The third-order valence-corrected chi connectivity index (χ3v) is 4.93. The van der Waals surface area contributed by atoms with Gasteiger partial charge in [0.2, 0.25) is 0 Å². The molecule has 2 aliphatic rings.